The minimum atomic E-state index is -0.147. The standard InChI is InChI=1S/C23H30FN5/c1-15-16(2)25-23(28-9-4-5-10-28)26-22(15)29-13-18-12-27(3)21(20(18)14-29)17-7-6-8-19(24)11-17/h6-8,11,18,20-21H,4-5,9-10,12-14H2,1-3H3/t18-,20+,21-/m0/s1. The molecule has 3 atom stereocenters. The molecule has 154 valence electrons. The molecule has 0 unspecified atom stereocenters. The van der Waals surface area contributed by atoms with Crippen LogP contribution in [0.2, 0.25) is 0 Å². The van der Waals surface area contributed by atoms with Gasteiger partial charge in [-0.1, -0.05) is 12.1 Å². The summed E-state index contributed by atoms with van der Waals surface area (Å²) in [5, 5.41) is 0. The van der Waals surface area contributed by atoms with E-state index >= 15 is 0 Å². The van der Waals surface area contributed by atoms with E-state index in [1.165, 1.54) is 24.5 Å². The number of hydrogen-bond acceptors (Lipinski definition) is 5. The van der Waals surface area contributed by atoms with Gasteiger partial charge in [0.15, 0.2) is 0 Å². The van der Waals surface area contributed by atoms with Crippen molar-refractivity contribution in [2.45, 2.75) is 32.7 Å². The van der Waals surface area contributed by atoms with Gasteiger partial charge in [0.25, 0.3) is 0 Å². The number of aryl methyl sites for hydroxylation is 1. The quantitative estimate of drug-likeness (QED) is 0.794. The first kappa shape index (κ1) is 18.8. The highest BCUT2D eigenvalue weighted by molar-refractivity contribution is 5.54. The first-order valence-corrected chi connectivity index (χ1v) is 10.8. The van der Waals surface area contributed by atoms with E-state index in [1.54, 1.807) is 6.07 Å². The van der Waals surface area contributed by atoms with Gasteiger partial charge in [-0.2, -0.15) is 4.98 Å². The smallest absolute Gasteiger partial charge is 0.227 e. The van der Waals surface area contributed by atoms with Crippen LogP contribution in [0.5, 0.6) is 0 Å². The molecule has 2 aromatic rings. The summed E-state index contributed by atoms with van der Waals surface area (Å²) >= 11 is 0. The molecule has 0 N–H and O–H groups in total. The van der Waals surface area contributed by atoms with Crippen LogP contribution in [-0.2, 0) is 0 Å². The summed E-state index contributed by atoms with van der Waals surface area (Å²) in [6.45, 7) is 9.37. The summed E-state index contributed by atoms with van der Waals surface area (Å²) < 4.78 is 13.9. The number of aromatic nitrogens is 2. The van der Waals surface area contributed by atoms with Crippen molar-refractivity contribution in [2.24, 2.45) is 11.8 Å². The largest absolute Gasteiger partial charge is 0.356 e. The number of likely N-dealkylation sites (tertiary alicyclic amines) is 1. The fourth-order valence-electron chi connectivity index (χ4n) is 5.59. The molecule has 5 rings (SSSR count). The Morgan fingerprint density at radius 2 is 1.79 bits per heavy atom. The van der Waals surface area contributed by atoms with Gasteiger partial charge in [-0.25, -0.2) is 9.37 Å². The van der Waals surface area contributed by atoms with Crippen molar-refractivity contribution >= 4 is 11.8 Å². The molecule has 0 amide bonds. The maximum Gasteiger partial charge on any atom is 0.227 e. The topological polar surface area (TPSA) is 35.5 Å². The normalized spacial score (nSPS) is 27.1. The van der Waals surface area contributed by atoms with Crippen LogP contribution in [0, 0.1) is 31.5 Å². The van der Waals surface area contributed by atoms with Gasteiger partial charge in [0.05, 0.1) is 0 Å². The average Bonchev–Trinajstić information content (AvgIpc) is 3.40. The summed E-state index contributed by atoms with van der Waals surface area (Å²) in [6, 6.07) is 7.41. The van der Waals surface area contributed by atoms with E-state index in [1.807, 2.05) is 6.07 Å². The molecular weight excluding hydrogens is 365 g/mol. The molecule has 29 heavy (non-hydrogen) atoms. The van der Waals surface area contributed by atoms with Gasteiger partial charge in [-0.15, -0.1) is 0 Å². The van der Waals surface area contributed by atoms with Gasteiger partial charge < -0.3 is 9.80 Å². The predicted molar refractivity (Wildman–Crippen MR) is 114 cm³/mol. The van der Waals surface area contributed by atoms with E-state index in [-0.39, 0.29) is 11.9 Å². The van der Waals surface area contributed by atoms with Crippen LogP contribution in [0.3, 0.4) is 0 Å². The highest BCUT2D eigenvalue weighted by atomic mass is 19.1. The van der Waals surface area contributed by atoms with Gasteiger partial charge >= 0.3 is 0 Å². The van der Waals surface area contributed by atoms with E-state index in [0.717, 1.165) is 55.7 Å². The SMILES string of the molecule is Cc1nc(N2CCCC2)nc(N2C[C@@H]3CN(C)[C@@H](c4cccc(F)c4)[C@@H]3C2)c1C. The van der Waals surface area contributed by atoms with Gasteiger partial charge in [-0.3, -0.25) is 4.90 Å². The van der Waals surface area contributed by atoms with Crippen LogP contribution in [0.25, 0.3) is 0 Å². The molecule has 0 spiro atoms. The molecule has 1 aromatic heterocycles. The van der Waals surface area contributed by atoms with Crippen molar-refractivity contribution in [3.05, 3.63) is 46.9 Å². The molecule has 0 bridgehead atoms. The molecule has 6 heteroatoms. The highest BCUT2D eigenvalue weighted by Crippen LogP contribution is 2.45. The molecule has 0 aliphatic carbocycles. The van der Waals surface area contributed by atoms with E-state index in [4.69, 9.17) is 9.97 Å². The molecule has 0 saturated carbocycles. The van der Waals surface area contributed by atoms with Crippen molar-refractivity contribution in [2.75, 3.05) is 49.6 Å². The fraction of sp³-hybridized carbons (Fsp3) is 0.565. The maximum atomic E-state index is 13.9. The molecule has 1 aromatic carbocycles. The second kappa shape index (κ2) is 7.24. The molecule has 3 fully saturated rings. The number of anilines is 2. The summed E-state index contributed by atoms with van der Waals surface area (Å²) in [5.41, 5.74) is 3.35. The zero-order valence-electron chi connectivity index (χ0n) is 17.6. The fourth-order valence-corrected chi connectivity index (χ4v) is 5.59. The first-order valence-electron chi connectivity index (χ1n) is 10.8. The van der Waals surface area contributed by atoms with E-state index < -0.39 is 0 Å². The van der Waals surface area contributed by atoms with E-state index in [9.17, 15) is 4.39 Å². The van der Waals surface area contributed by atoms with Crippen molar-refractivity contribution in [1.82, 2.24) is 14.9 Å². The van der Waals surface area contributed by atoms with E-state index in [2.05, 4.69) is 41.7 Å². The van der Waals surface area contributed by atoms with Crippen LogP contribution >= 0.6 is 0 Å². The third-order valence-corrected chi connectivity index (χ3v) is 7.12. The minimum absolute atomic E-state index is 0.147. The Balaban J connectivity index is 1.43. The predicted octanol–water partition coefficient (Wildman–Crippen LogP) is 3.57. The first-order chi connectivity index (χ1) is 14.0. The van der Waals surface area contributed by atoms with Crippen molar-refractivity contribution in [3.63, 3.8) is 0 Å². The Bertz CT molecular complexity index is 910. The van der Waals surface area contributed by atoms with Crippen LogP contribution in [0.4, 0.5) is 16.2 Å². The molecule has 3 aliphatic heterocycles. The molecule has 3 aliphatic rings. The van der Waals surface area contributed by atoms with Crippen molar-refractivity contribution < 1.29 is 4.39 Å². The summed E-state index contributed by atoms with van der Waals surface area (Å²) in [7, 11) is 2.17. The highest BCUT2D eigenvalue weighted by Gasteiger charge is 2.46. The number of benzene rings is 1. The Hall–Kier alpha value is -2.21. The molecule has 3 saturated heterocycles. The summed E-state index contributed by atoms with van der Waals surface area (Å²) in [5.74, 6) is 2.91. The lowest BCUT2D eigenvalue weighted by Crippen LogP contribution is -2.31. The number of hydrogen-bond donors (Lipinski definition) is 0. The Kier molecular flexibility index (Phi) is 4.69. The number of rotatable bonds is 3. The van der Waals surface area contributed by atoms with Gasteiger partial charge in [0.2, 0.25) is 5.95 Å². The molecular formula is C23H30FN5. The van der Waals surface area contributed by atoms with Gasteiger partial charge in [0, 0.05) is 55.9 Å². The summed E-state index contributed by atoms with van der Waals surface area (Å²) in [4.78, 5) is 17.0. The number of halogens is 1. The van der Waals surface area contributed by atoms with Crippen molar-refractivity contribution in [1.29, 1.82) is 0 Å². The second-order valence-electron chi connectivity index (χ2n) is 9.02. The molecule has 5 nitrogen and oxygen atoms in total. The zero-order valence-corrected chi connectivity index (χ0v) is 17.6. The monoisotopic (exact) mass is 395 g/mol. The van der Waals surface area contributed by atoms with E-state index in [0.29, 0.717) is 11.8 Å². The van der Waals surface area contributed by atoms with Gasteiger partial charge in [-0.05, 0) is 57.4 Å². The Morgan fingerprint density at radius 3 is 2.55 bits per heavy atom. The van der Waals surface area contributed by atoms with Crippen molar-refractivity contribution in [3.8, 4) is 0 Å². The zero-order chi connectivity index (χ0) is 20.1. The van der Waals surface area contributed by atoms with Crippen LogP contribution in [0.15, 0.2) is 24.3 Å². The Morgan fingerprint density at radius 1 is 1.00 bits per heavy atom. The third kappa shape index (κ3) is 3.27. The Labute approximate surface area is 172 Å². The molecule has 0 radical (unpaired) electrons. The molecule has 4 heterocycles. The summed E-state index contributed by atoms with van der Waals surface area (Å²) in [6.07, 6.45) is 2.45. The lowest BCUT2D eigenvalue weighted by Gasteiger charge is -2.28. The number of fused-ring (bicyclic) bond motifs is 1. The van der Waals surface area contributed by atoms with Crippen LogP contribution < -0.4 is 9.80 Å². The van der Waals surface area contributed by atoms with Gasteiger partial charge in [0.1, 0.15) is 11.6 Å². The second-order valence-corrected chi connectivity index (χ2v) is 9.02. The average molecular weight is 396 g/mol. The maximum absolute atomic E-state index is 13.9. The minimum Gasteiger partial charge on any atom is -0.356 e. The number of nitrogens with zero attached hydrogens (tertiary/aromatic N) is 5. The lowest BCUT2D eigenvalue weighted by atomic mass is 9.89. The lowest BCUT2D eigenvalue weighted by molar-refractivity contribution is 0.279. The van der Waals surface area contributed by atoms with Crippen LogP contribution in [0.1, 0.15) is 35.7 Å². The van der Waals surface area contributed by atoms with Crippen LogP contribution in [-0.4, -0.2) is 54.6 Å². The third-order valence-electron chi connectivity index (χ3n) is 7.12.